The highest BCUT2D eigenvalue weighted by atomic mass is 32.2. The van der Waals surface area contributed by atoms with Crippen molar-refractivity contribution in [1.29, 1.82) is 0 Å². The number of ether oxygens (including phenoxy) is 1. The molecule has 7 nitrogen and oxygen atoms in total. The molecule has 196 valence electrons. The Bertz CT molecular complexity index is 896. The van der Waals surface area contributed by atoms with Crippen LogP contribution in [0.4, 0.5) is 4.79 Å². The number of nitrogens with one attached hydrogen (secondary N) is 2. The highest BCUT2D eigenvalue weighted by Crippen LogP contribution is 2.36. The summed E-state index contributed by atoms with van der Waals surface area (Å²) in [4.78, 5) is 42.0. The van der Waals surface area contributed by atoms with Crippen molar-refractivity contribution >= 4 is 29.7 Å². The van der Waals surface area contributed by atoms with Crippen LogP contribution in [0.2, 0.25) is 0 Å². The van der Waals surface area contributed by atoms with Crippen LogP contribution in [-0.2, 0) is 14.3 Å². The maximum atomic E-state index is 14.1. The van der Waals surface area contributed by atoms with Crippen molar-refractivity contribution in [2.45, 2.75) is 104 Å². The Morgan fingerprint density at radius 2 is 1.63 bits per heavy atom. The number of carbonyl (C=O) groups is 3. The van der Waals surface area contributed by atoms with E-state index in [0.29, 0.717) is 12.2 Å². The largest absolute Gasteiger partial charge is 0.444 e. The van der Waals surface area contributed by atoms with Crippen molar-refractivity contribution in [3.8, 4) is 0 Å². The number of alkyl carbamates (subject to hydrolysis) is 1. The number of benzene rings is 1. The van der Waals surface area contributed by atoms with Gasteiger partial charge in [-0.15, -0.1) is 0 Å². The maximum absolute atomic E-state index is 14.1. The summed E-state index contributed by atoms with van der Waals surface area (Å²) in [6.45, 7) is 15.1. The number of amides is 3. The molecule has 1 aromatic carbocycles. The fourth-order valence-corrected chi connectivity index (χ4v) is 4.51. The second kappa shape index (κ2) is 11.7. The normalized spacial score (nSPS) is 15.7. The van der Waals surface area contributed by atoms with Gasteiger partial charge < -0.3 is 20.3 Å². The summed E-state index contributed by atoms with van der Waals surface area (Å²) in [5.74, 6) is 0.219. The van der Waals surface area contributed by atoms with Gasteiger partial charge >= 0.3 is 6.09 Å². The Morgan fingerprint density at radius 3 is 2.09 bits per heavy atom. The average Bonchev–Trinajstić information content (AvgIpc) is 3.49. The summed E-state index contributed by atoms with van der Waals surface area (Å²) in [5.41, 5.74) is 1.71. The van der Waals surface area contributed by atoms with E-state index >= 15 is 0 Å². The quantitative estimate of drug-likeness (QED) is 0.499. The fourth-order valence-electron chi connectivity index (χ4n) is 4.04. The van der Waals surface area contributed by atoms with Crippen LogP contribution in [0.15, 0.2) is 18.2 Å². The highest BCUT2D eigenvalue weighted by molar-refractivity contribution is 7.98. The van der Waals surface area contributed by atoms with Gasteiger partial charge in [-0.1, -0.05) is 29.3 Å². The number of hydrogen-bond acceptors (Lipinski definition) is 5. The van der Waals surface area contributed by atoms with E-state index in [0.717, 1.165) is 29.5 Å². The molecule has 0 spiro atoms. The third kappa shape index (κ3) is 9.39. The molecule has 0 bridgehead atoms. The lowest BCUT2D eigenvalue weighted by Gasteiger charge is -2.36. The van der Waals surface area contributed by atoms with Gasteiger partial charge in [0.25, 0.3) is 0 Å². The van der Waals surface area contributed by atoms with Crippen LogP contribution in [0.25, 0.3) is 0 Å². The molecule has 2 N–H and O–H groups in total. The molecule has 1 saturated carbocycles. The molecule has 1 aromatic rings. The standard InChI is InChI=1S/C27H43N3O4S/c1-17-14-18(2)16-19(15-17)22(23(31)29-26(3,4)5)30(20-10-11-20)24(32)21(12-13-35-9)28-25(33)34-27(6,7)8/h14-16,20-22H,10-13H2,1-9H3,(H,28,33)(H,29,31). The minimum absolute atomic E-state index is 0.0451. The van der Waals surface area contributed by atoms with Crippen molar-refractivity contribution < 1.29 is 19.1 Å². The zero-order chi connectivity index (χ0) is 26.6. The summed E-state index contributed by atoms with van der Waals surface area (Å²) in [5, 5.41) is 5.87. The van der Waals surface area contributed by atoms with Crippen LogP contribution in [-0.4, -0.2) is 58.0 Å². The van der Waals surface area contributed by atoms with Gasteiger partial charge in [-0.3, -0.25) is 9.59 Å². The molecule has 0 aliphatic heterocycles. The fraction of sp³-hybridized carbons (Fsp3) is 0.667. The van der Waals surface area contributed by atoms with Crippen molar-refractivity contribution in [3.05, 3.63) is 34.9 Å². The van der Waals surface area contributed by atoms with Crippen LogP contribution in [0.5, 0.6) is 0 Å². The Kier molecular flexibility index (Phi) is 9.68. The van der Waals surface area contributed by atoms with Gasteiger partial charge in [0.1, 0.15) is 17.7 Å². The van der Waals surface area contributed by atoms with E-state index in [2.05, 4.69) is 16.7 Å². The summed E-state index contributed by atoms with van der Waals surface area (Å²) >= 11 is 1.60. The molecule has 1 fully saturated rings. The lowest BCUT2D eigenvalue weighted by atomic mass is 9.97. The van der Waals surface area contributed by atoms with E-state index < -0.39 is 29.3 Å². The predicted octanol–water partition coefficient (Wildman–Crippen LogP) is 4.90. The third-order valence-electron chi connectivity index (χ3n) is 5.38. The van der Waals surface area contributed by atoms with E-state index in [9.17, 15) is 14.4 Å². The van der Waals surface area contributed by atoms with Gasteiger partial charge in [0.15, 0.2) is 0 Å². The predicted molar refractivity (Wildman–Crippen MR) is 143 cm³/mol. The molecule has 3 amide bonds. The Hall–Kier alpha value is -2.22. The molecule has 0 radical (unpaired) electrons. The molecule has 2 atom stereocenters. The first-order valence-corrected chi connectivity index (χ1v) is 13.7. The number of thioether (sulfide) groups is 1. The van der Waals surface area contributed by atoms with Crippen molar-refractivity contribution in [2.75, 3.05) is 12.0 Å². The van der Waals surface area contributed by atoms with E-state index in [1.807, 2.05) is 53.0 Å². The molecule has 0 saturated heterocycles. The number of aryl methyl sites for hydroxylation is 2. The van der Waals surface area contributed by atoms with E-state index in [-0.39, 0.29) is 17.9 Å². The smallest absolute Gasteiger partial charge is 0.408 e. The van der Waals surface area contributed by atoms with Gasteiger partial charge in [0.05, 0.1) is 0 Å². The molecule has 2 rings (SSSR count). The second-order valence-corrected chi connectivity index (χ2v) is 12.5. The van der Waals surface area contributed by atoms with E-state index in [1.165, 1.54) is 0 Å². The first kappa shape index (κ1) is 29.0. The monoisotopic (exact) mass is 505 g/mol. The molecule has 1 aliphatic rings. The van der Waals surface area contributed by atoms with Crippen molar-refractivity contribution in [3.63, 3.8) is 0 Å². The Morgan fingerprint density at radius 1 is 1.06 bits per heavy atom. The van der Waals surface area contributed by atoms with Gasteiger partial charge in [-0.2, -0.15) is 11.8 Å². The van der Waals surface area contributed by atoms with E-state index in [1.54, 1.807) is 37.4 Å². The molecule has 0 aromatic heterocycles. The molecule has 0 heterocycles. The summed E-state index contributed by atoms with van der Waals surface area (Å²) in [6.07, 6.45) is 3.44. The summed E-state index contributed by atoms with van der Waals surface area (Å²) < 4.78 is 5.44. The first-order valence-electron chi connectivity index (χ1n) is 12.3. The number of carbonyl (C=O) groups excluding carboxylic acids is 3. The minimum Gasteiger partial charge on any atom is -0.444 e. The lowest BCUT2D eigenvalue weighted by Crippen LogP contribution is -2.55. The second-order valence-electron chi connectivity index (χ2n) is 11.5. The number of rotatable bonds is 9. The van der Waals surface area contributed by atoms with Crippen molar-refractivity contribution in [2.24, 2.45) is 0 Å². The molecule has 8 heteroatoms. The number of hydrogen-bond donors (Lipinski definition) is 2. The Balaban J connectivity index is 2.48. The van der Waals surface area contributed by atoms with Gasteiger partial charge in [-0.25, -0.2) is 4.79 Å². The molecule has 35 heavy (non-hydrogen) atoms. The minimum atomic E-state index is -0.787. The molecule has 2 unspecified atom stereocenters. The molecular weight excluding hydrogens is 462 g/mol. The topological polar surface area (TPSA) is 87.7 Å². The van der Waals surface area contributed by atoms with Crippen LogP contribution >= 0.6 is 11.8 Å². The lowest BCUT2D eigenvalue weighted by molar-refractivity contribution is -0.143. The summed E-state index contributed by atoms with van der Waals surface area (Å²) in [7, 11) is 0. The third-order valence-corrected chi connectivity index (χ3v) is 6.02. The van der Waals surface area contributed by atoms with Crippen LogP contribution in [0.3, 0.4) is 0 Å². The van der Waals surface area contributed by atoms with Gasteiger partial charge in [-0.05, 0) is 92.2 Å². The average molecular weight is 506 g/mol. The van der Waals surface area contributed by atoms with Crippen LogP contribution < -0.4 is 10.6 Å². The summed E-state index contributed by atoms with van der Waals surface area (Å²) in [6, 6.07) is 4.38. The Labute approximate surface area is 215 Å². The van der Waals surface area contributed by atoms with E-state index in [4.69, 9.17) is 4.74 Å². The number of nitrogens with zero attached hydrogens (tertiary/aromatic N) is 1. The molecule has 1 aliphatic carbocycles. The maximum Gasteiger partial charge on any atom is 0.408 e. The van der Waals surface area contributed by atoms with Gasteiger partial charge in [0.2, 0.25) is 11.8 Å². The van der Waals surface area contributed by atoms with Gasteiger partial charge in [0, 0.05) is 11.6 Å². The highest BCUT2D eigenvalue weighted by Gasteiger charge is 2.44. The SMILES string of the molecule is CSCCC(NC(=O)OC(C)(C)C)C(=O)N(C1CC1)C(C(=O)NC(C)(C)C)c1cc(C)cc(C)c1. The molecular formula is C27H43N3O4S. The zero-order valence-corrected chi connectivity index (χ0v) is 23.6. The first-order chi connectivity index (χ1) is 16.1. The van der Waals surface area contributed by atoms with Crippen molar-refractivity contribution in [1.82, 2.24) is 15.5 Å². The van der Waals surface area contributed by atoms with Crippen LogP contribution in [0.1, 0.15) is 83.5 Å². The zero-order valence-electron chi connectivity index (χ0n) is 22.8. The van der Waals surface area contributed by atoms with Crippen LogP contribution in [0, 0.1) is 13.8 Å².